The Morgan fingerprint density at radius 3 is 1.82 bits per heavy atom. The lowest BCUT2D eigenvalue weighted by molar-refractivity contribution is -0.193. The van der Waals surface area contributed by atoms with Gasteiger partial charge in [0.1, 0.15) is 5.82 Å². The van der Waals surface area contributed by atoms with Crippen LogP contribution in [-0.2, 0) is 9.59 Å². The molecule has 2 aliphatic heterocycles. The molecule has 2 atom stereocenters. The van der Waals surface area contributed by atoms with Crippen LogP contribution in [0.25, 0.3) is 0 Å². The van der Waals surface area contributed by atoms with Gasteiger partial charge in [-0.15, -0.1) is 0 Å². The molecule has 33 heavy (non-hydrogen) atoms. The van der Waals surface area contributed by atoms with Gasteiger partial charge in [0.25, 0.3) is 0 Å². The first-order valence-electron chi connectivity index (χ1n) is 9.54. The van der Waals surface area contributed by atoms with Crippen molar-refractivity contribution in [2.75, 3.05) is 44.2 Å². The van der Waals surface area contributed by atoms with E-state index >= 15 is 0 Å². The van der Waals surface area contributed by atoms with Crippen molar-refractivity contribution in [2.45, 2.75) is 31.4 Å². The van der Waals surface area contributed by atoms with Gasteiger partial charge < -0.3 is 25.5 Å². The third-order valence-corrected chi connectivity index (χ3v) is 4.62. The number of alkyl halides is 6. The molecule has 0 aromatic carbocycles. The lowest BCUT2D eigenvalue weighted by Gasteiger charge is -2.39. The number of rotatable bonds is 2. The number of halogens is 6. The molecule has 3 heterocycles. The van der Waals surface area contributed by atoms with Crippen molar-refractivity contribution in [3.63, 3.8) is 0 Å². The number of aliphatic hydroxyl groups is 1. The lowest BCUT2D eigenvalue weighted by Crippen LogP contribution is -2.53. The third kappa shape index (κ3) is 9.79. The maximum Gasteiger partial charge on any atom is 0.490 e. The Morgan fingerprint density at radius 1 is 0.970 bits per heavy atom. The predicted octanol–water partition coefficient (Wildman–Crippen LogP) is 1.11. The van der Waals surface area contributed by atoms with E-state index in [-0.39, 0.29) is 12.1 Å². The topological polar surface area (TPSA) is 126 Å². The summed E-state index contributed by atoms with van der Waals surface area (Å²) in [5, 5.41) is 27.4. The second kappa shape index (κ2) is 12.0. The number of nitrogens with zero attached hydrogens (tertiary/aromatic N) is 3. The average molecular weight is 490 g/mol. The van der Waals surface area contributed by atoms with Gasteiger partial charge in [0.2, 0.25) is 0 Å². The highest BCUT2D eigenvalue weighted by molar-refractivity contribution is 5.73. The number of aromatic nitrogens is 1. The Hall–Kier alpha value is -2.65. The Bertz CT molecular complexity index is 760. The smallest absolute Gasteiger partial charge is 0.475 e. The third-order valence-electron chi connectivity index (χ3n) is 4.62. The van der Waals surface area contributed by atoms with E-state index < -0.39 is 24.3 Å². The minimum Gasteiger partial charge on any atom is -0.475 e. The van der Waals surface area contributed by atoms with Gasteiger partial charge in [-0.2, -0.15) is 26.3 Å². The summed E-state index contributed by atoms with van der Waals surface area (Å²) in [5.41, 5.74) is 1.07. The van der Waals surface area contributed by atoms with Crippen LogP contribution in [0.15, 0.2) is 18.2 Å². The van der Waals surface area contributed by atoms with Gasteiger partial charge in [0.05, 0.1) is 6.10 Å². The summed E-state index contributed by atoms with van der Waals surface area (Å²) in [7, 11) is 0. The monoisotopic (exact) mass is 490 g/mol. The van der Waals surface area contributed by atoms with E-state index in [0.29, 0.717) is 0 Å². The summed E-state index contributed by atoms with van der Waals surface area (Å²) in [6, 6.07) is 6.46. The first kappa shape index (κ1) is 28.4. The second-order valence-electron chi connectivity index (χ2n) is 7.06. The molecule has 2 fully saturated rings. The number of pyridine rings is 1. The quantitative estimate of drug-likeness (QED) is 0.451. The zero-order valence-electron chi connectivity index (χ0n) is 17.4. The summed E-state index contributed by atoms with van der Waals surface area (Å²) in [6.07, 6.45) is -10.4. The zero-order chi connectivity index (χ0) is 25.4. The molecule has 3 rings (SSSR count). The van der Waals surface area contributed by atoms with E-state index in [4.69, 9.17) is 19.8 Å². The van der Waals surface area contributed by atoms with Crippen LogP contribution in [0.1, 0.15) is 5.69 Å². The van der Waals surface area contributed by atoms with Crippen LogP contribution in [0.5, 0.6) is 0 Å². The molecule has 0 amide bonds. The Labute approximate surface area is 184 Å². The minimum absolute atomic E-state index is 0.219. The molecule has 0 unspecified atom stereocenters. The summed E-state index contributed by atoms with van der Waals surface area (Å²) < 4.78 is 63.5. The van der Waals surface area contributed by atoms with Crippen LogP contribution < -0.4 is 10.2 Å². The lowest BCUT2D eigenvalue weighted by atomic mass is 10.1. The fraction of sp³-hybridized carbons (Fsp3) is 0.611. The number of carboxylic acids is 2. The average Bonchev–Trinajstić information content (AvgIpc) is 3.13. The molecule has 4 N–H and O–H groups in total. The summed E-state index contributed by atoms with van der Waals surface area (Å²) in [4.78, 5) is 27.1. The molecular weight excluding hydrogens is 466 g/mol. The van der Waals surface area contributed by atoms with Crippen molar-refractivity contribution >= 4 is 17.8 Å². The van der Waals surface area contributed by atoms with Crippen LogP contribution in [0, 0.1) is 6.92 Å². The molecule has 0 spiro atoms. The fourth-order valence-corrected chi connectivity index (χ4v) is 3.01. The summed E-state index contributed by atoms with van der Waals surface area (Å²) >= 11 is 0. The van der Waals surface area contributed by atoms with Crippen molar-refractivity contribution < 1.29 is 51.3 Å². The molecule has 0 bridgehead atoms. The minimum atomic E-state index is -5.08. The summed E-state index contributed by atoms with van der Waals surface area (Å²) in [5.74, 6) is -4.44. The SMILES string of the molecule is Cc1cccc(N2CCN([C@@H]3CNC[C@H]3O)CC2)n1.O=C(O)C(F)(F)F.O=C(O)C(F)(F)F. The number of nitrogens with one attached hydrogen (secondary N) is 1. The molecule has 0 aliphatic carbocycles. The van der Waals surface area contributed by atoms with Crippen molar-refractivity contribution in [2.24, 2.45) is 0 Å². The fourth-order valence-electron chi connectivity index (χ4n) is 3.01. The first-order chi connectivity index (χ1) is 15.1. The molecule has 15 heteroatoms. The standard InChI is InChI=1S/C14H22N4O.2C2HF3O2/c1-11-3-2-4-14(16-11)18-7-5-17(6-8-18)12-9-15-10-13(12)19;2*3-2(4,5)1(6)7/h2-4,12-13,15,19H,5-10H2,1H3;2*(H,6,7)/t12-,13-;;/m1../s1. The maximum atomic E-state index is 10.6. The van der Waals surface area contributed by atoms with Gasteiger partial charge in [-0.1, -0.05) is 6.07 Å². The first-order valence-corrected chi connectivity index (χ1v) is 9.54. The van der Waals surface area contributed by atoms with Gasteiger partial charge in [0, 0.05) is 51.0 Å². The Balaban J connectivity index is 0.000000324. The zero-order valence-corrected chi connectivity index (χ0v) is 17.4. The van der Waals surface area contributed by atoms with E-state index in [1.165, 1.54) is 0 Å². The van der Waals surface area contributed by atoms with E-state index in [2.05, 4.69) is 32.2 Å². The number of aliphatic carboxylic acids is 2. The van der Waals surface area contributed by atoms with Gasteiger partial charge in [0.15, 0.2) is 0 Å². The number of piperazine rings is 1. The highest BCUT2D eigenvalue weighted by atomic mass is 19.4. The Kier molecular flexibility index (Phi) is 10.3. The number of anilines is 1. The molecule has 2 saturated heterocycles. The van der Waals surface area contributed by atoms with E-state index in [0.717, 1.165) is 50.8 Å². The molecule has 1 aromatic rings. The van der Waals surface area contributed by atoms with E-state index in [1.54, 1.807) is 0 Å². The molecule has 0 saturated carbocycles. The molecule has 0 radical (unpaired) electrons. The second-order valence-corrected chi connectivity index (χ2v) is 7.06. The van der Waals surface area contributed by atoms with Gasteiger partial charge in [-0.3, -0.25) is 4.90 Å². The van der Waals surface area contributed by atoms with Crippen molar-refractivity contribution in [3.8, 4) is 0 Å². The predicted molar refractivity (Wildman–Crippen MR) is 103 cm³/mol. The van der Waals surface area contributed by atoms with Crippen molar-refractivity contribution in [1.82, 2.24) is 15.2 Å². The van der Waals surface area contributed by atoms with Crippen LogP contribution in [0.4, 0.5) is 32.2 Å². The van der Waals surface area contributed by atoms with Crippen LogP contribution in [0.3, 0.4) is 0 Å². The number of aliphatic hydroxyl groups excluding tert-OH is 1. The van der Waals surface area contributed by atoms with Crippen LogP contribution in [-0.4, -0.2) is 101 Å². The van der Waals surface area contributed by atoms with E-state index in [9.17, 15) is 31.4 Å². The van der Waals surface area contributed by atoms with E-state index in [1.807, 2.05) is 13.0 Å². The summed E-state index contributed by atoms with van der Waals surface area (Å²) in [6.45, 7) is 7.63. The molecule has 9 nitrogen and oxygen atoms in total. The number of carbonyl (C=O) groups is 2. The van der Waals surface area contributed by atoms with Crippen molar-refractivity contribution in [3.05, 3.63) is 23.9 Å². The maximum absolute atomic E-state index is 10.6. The van der Waals surface area contributed by atoms with Gasteiger partial charge in [-0.05, 0) is 19.1 Å². The Morgan fingerprint density at radius 2 is 1.45 bits per heavy atom. The highest BCUT2D eigenvalue weighted by Crippen LogP contribution is 2.17. The number of carboxylic acid groups (broad SMARTS) is 2. The van der Waals surface area contributed by atoms with Gasteiger partial charge in [-0.25, -0.2) is 14.6 Å². The molecule has 188 valence electrons. The number of β-amino-alcohol motifs (C(OH)–C–C–N with tert-alkyl or cyclic N) is 1. The molecule has 1 aromatic heterocycles. The van der Waals surface area contributed by atoms with Crippen molar-refractivity contribution in [1.29, 1.82) is 0 Å². The largest absolute Gasteiger partial charge is 0.490 e. The number of hydrogen-bond donors (Lipinski definition) is 4. The highest BCUT2D eigenvalue weighted by Gasteiger charge is 2.39. The van der Waals surface area contributed by atoms with Crippen LogP contribution in [0.2, 0.25) is 0 Å². The van der Waals surface area contributed by atoms with Crippen LogP contribution >= 0.6 is 0 Å². The normalized spacial score (nSPS) is 21.4. The number of hydrogen-bond acceptors (Lipinski definition) is 7. The van der Waals surface area contributed by atoms with Gasteiger partial charge >= 0.3 is 24.3 Å². The number of aryl methyl sites for hydroxylation is 1. The molecule has 2 aliphatic rings. The molecular formula is C18H24F6N4O5.